The van der Waals surface area contributed by atoms with E-state index in [2.05, 4.69) is 15.9 Å². The van der Waals surface area contributed by atoms with E-state index in [1.807, 2.05) is 0 Å². The van der Waals surface area contributed by atoms with Gasteiger partial charge < -0.3 is 15.9 Å². The zero-order valence-corrected chi connectivity index (χ0v) is 12.6. The average Bonchev–Trinajstić information content (AvgIpc) is 2.65. The van der Waals surface area contributed by atoms with Gasteiger partial charge in [-0.1, -0.05) is 0 Å². The highest BCUT2D eigenvalue weighted by Crippen LogP contribution is 2.30. The predicted octanol–water partition coefficient (Wildman–Crippen LogP) is 0.0658. The van der Waals surface area contributed by atoms with E-state index in [9.17, 15) is 18.6 Å². The van der Waals surface area contributed by atoms with Gasteiger partial charge in [0.15, 0.2) is 0 Å². The minimum atomic E-state index is -3.76. The molecule has 1 aliphatic heterocycles. The number of sulfonamides is 1. The first-order valence-electron chi connectivity index (χ1n) is 5.65. The summed E-state index contributed by atoms with van der Waals surface area (Å²) in [6, 6.07) is 3.01. The summed E-state index contributed by atoms with van der Waals surface area (Å²) in [6.45, 7) is 1.44. The van der Waals surface area contributed by atoms with E-state index in [1.54, 1.807) is 13.0 Å². The van der Waals surface area contributed by atoms with Gasteiger partial charge in [-0.05, 0) is 40.5 Å². The fraction of sp³-hybridized carbons (Fsp3) is 0.455. The lowest BCUT2D eigenvalue weighted by Gasteiger charge is -2.18. The van der Waals surface area contributed by atoms with Crippen molar-refractivity contribution in [1.29, 1.82) is 0 Å². The summed E-state index contributed by atoms with van der Waals surface area (Å²) in [7, 11) is -3.76. The summed E-state index contributed by atoms with van der Waals surface area (Å²) < 4.78 is 26.6. The molecule has 2 atom stereocenters. The van der Waals surface area contributed by atoms with Gasteiger partial charge in [-0.25, -0.2) is 8.42 Å². The first-order valence-corrected chi connectivity index (χ1v) is 7.88. The molecule has 0 spiro atoms. The van der Waals surface area contributed by atoms with Crippen molar-refractivity contribution in [3.63, 3.8) is 0 Å². The summed E-state index contributed by atoms with van der Waals surface area (Å²) >= 11 is 3.24. The van der Waals surface area contributed by atoms with E-state index in [0.717, 1.165) is 4.31 Å². The molecule has 2 unspecified atom stereocenters. The first-order chi connectivity index (χ1) is 8.73. The van der Waals surface area contributed by atoms with Crippen LogP contribution in [0.3, 0.4) is 0 Å². The molecule has 6 nitrogen and oxygen atoms in total. The van der Waals surface area contributed by atoms with Gasteiger partial charge in [0.2, 0.25) is 10.0 Å². The van der Waals surface area contributed by atoms with Crippen LogP contribution in [0.1, 0.15) is 5.56 Å². The number of hydrogen-bond donors (Lipinski definition) is 3. The van der Waals surface area contributed by atoms with Crippen LogP contribution in [0.25, 0.3) is 0 Å². The largest absolute Gasteiger partial charge is 0.398 e. The van der Waals surface area contributed by atoms with Crippen molar-refractivity contribution in [3.8, 4) is 0 Å². The number of anilines is 1. The van der Waals surface area contributed by atoms with E-state index in [0.29, 0.717) is 15.7 Å². The van der Waals surface area contributed by atoms with Gasteiger partial charge in [0.05, 0.1) is 17.1 Å². The average molecular weight is 351 g/mol. The maximum absolute atomic E-state index is 12.4. The second kappa shape index (κ2) is 5.02. The Labute approximate surface area is 120 Å². The van der Waals surface area contributed by atoms with Crippen LogP contribution in [-0.2, 0) is 10.0 Å². The van der Waals surface area contributed by atoms with Crippen LogP contribution in [0.5, 0.6) is 0 Å². The zero-order valence-electron chi connectivity index (χ0n) is 10.2. The second-order valence-electron chi connectivity index (χ2n) is 4.60. The zero-order chi connectivity index (χ0) is 14.4. The molecule has 19 heavy (non-hydrogen) atoms. The standard InChI is InChI=1S/C11H15BrN2O4S/c1-6-2-7(12)8(13)3-11(6)19(17,18)14-4-9(15)10(16)5-14/h2-3,9-10,15-16H,4-5,13H2,1H3. The van der Waals surface area contributed by atoms with Gasteiger partial charge in [0, 0.05) is 23.2 Å². The van der Waals surface area contributed by atoms with E-state index < -0.39 is 22.2 Å². The summed E-state index contributed by atoms with van der Waals surface area (Å²) in [5.41, 5.74) is 6.59. The number of nitrogen functional groups attached to an aromatic ring is 1. The fourth-order valence-electron chi connectivity index (χ4n) is 2.02. The molecule has 0 bridgehead atoms. The molecule has 1 aliphatic rings. The molecule has 0 amide bonds. The number of rotatable bonds is 2. The molecule has 1 heterocycles. The molecule has 0 radical (unpaired) electrons. The lowest BCUT2D eigenvalue weighted by atomic mass is 10.2. The van der Waals surface area contributed by atoms with Crippen molar-refractivity contribution >= 4 is 31.6 Å². The molecule has 106 valence electrons. The highest BCUT2D eigenvalue weighted by atomic mass is 79.9. The van der Waals surface area contributed by atoms with Crippen molar-refractivity contribution in [2.24, 2.45) is 0 Å². The minimum Gasteiger partial charge on any atom is -0.398 e. The van der Waals surface area contributed by atoms with Crippen molar-refractivity contribution < 1.29 is 18.6 Å². The lowest BCUT2D eigenvalue weighted by Crippen LogP contribution is -2.30. The normalized spacial score (nSPS) is 24.8. The Morgan fingerprint density at radius 3 is 2.37 bits per heavy atom. The number of nitrogens with two attached hydrogens (primary N) is 1. The fourth-order valence-corrected chi connectivity index (χ4v) is 4.19. The smallest absolute Gasteiger partial charge is 0.243 e. The SMILES string of the molecule is Cc1cc(Br)c(N)cc1S(=O)(=O)N1CC(O)C(O)C1. The minimum absolute atomic E-state index is 0.0921. The number of β-amino-alcohol motifs (C(OH)–C–C–N with tert-alkyl or cyclic N) is 2. The van der Waals surface area contributed by atoms with Crippen molar-refractivity contribution in [2.45, 2.75) is 24.0 Å². The van der Waals surface area contributed by atoms with E-state index >= 15 is 0 Å². The number of hydrogen-bond acceptors (Lipinski definition) is 5. The molecule has 1 saturated heterocycles. The Morgan fingerprint density at radius 2 is 1.84 bits per heavy atom. The van der Waals surface area contributed by atoms with Crippen LogP contribution in [0.2, 0.25) is 0 Å². The highest BCUT2D eigenvalue weighted by Gasteiger charge is 2.38. The van der Waals surface area contributed by atoms with E-state index in [-0.39, 0.29) is 18.0 Å². The third-order valence-corrected chi connectivity index (χ3v) is 5.80. The molecular weight excluding hydrogens is 336 g/mol. The molecule has 0 aromatic heterocycles. The summed E-state index contributed by atoms with van der Waals surface area (Å²) in [4.78, 5) is 0.0921. The van der Waals surface area contributed by atoms with Crippen LogP contribution >= 0.6 is 15.9 Å². The van der Waals surface area contributed by atoms with E-state index in [4.69, 9.17) is 5.73 Å². The molecule has 2 rings (SSSR count). The van der Waals surface area contributed by atoms with Crippen molar-refractivity contribution in [1.82, 2.24) is 4.31 Å². The lowest BCUT2D eigenvalue weighted by molar-refractivity contribution is 0.0572. The number of halogens is 1. The molecule has 0 aliphatic carbocycles. The van der Waals surface area contributed by atoms with Crippen LogP contribution in [0, 0.1) is 6.92 Å². The van der Waals surface area contributed by atoms with Crippen LogP contribution in [0.4, 0.5) is 5.69 Å². The van der Waals surface area contributed by atoms with Gasteiger partial charge in [-0.15, -0.1) is 0 Å². The quantitative estimate of drug-likeness (QED) is 0.654. The van der Waals surface area contributed by atoms with Crippen molar-refractivity contribution in [2.75, 3.05) is 18.8 Å². The second-order valence-corrected chi connectivity index (χ2v) is 7.36. The van der Waals surface area contributed by atoms with Crippen LogP contribution in [-0.4, -0.2) is 48.2 Å². The molecule has 0 saturated carbocycles. The first kappa shape index (κ1) is 14.7. The Hall–Kier alpha value is -0.670. The Kier molecular flexibility index (Phi) is 3.90. The predicted molar refractivity (Wildman–Crippen MR) is 74.1 cm³/mol. The number of benzene rings is 1. The third kappa shape index (κ3) is 2.63. The summed E-state index contributed by atoms with van der Waals surface area (Å²) in [5, 5.41) is 18.9. The summed E-state index contributed by atoms with van der Waals surface area (Å²) in [6.07, 6.45) is -2.11. The van der Waals surface area contributed by atoms with Crippen LogP contribution in [0.15, 0.2) is 21.5 Å². The van der Waals surface area contributed by atoms with Gasteiger partial charge in [-0.3, -0.25) is 0 Å². The maximum Gasteiger partial charge on any atom is 0.243 e. The monoisotopic (exact) mass is 350 g/mol. The Bertz CT molecular complexity index is 595. The molecule has 1 fully saturated rings. The highest BCUT2D eigenvalue weighted by molar-refractivity contribution is 9.10. The molecule has 8 heteroatoms. The Balaban J connectivity index is 2.43. The van der Waals surface area contributed by atoms with Gasteiger partial charge in [0.25, 0.3) is 0 Å². The van der Waals surface area contributed by atoms with Gasteiger partial charge in [0.1, 0.15) is 0 Å². The van der Waals surface area contributed by atoms with Crippen LogP contribution < -0.4 is 5.73 Å². The van der Waals surface area contributed by atoms with Gasteiger partial charge in [-0.2, -0.15) is 4.31 Å². The topological polar surface area (TPSA) is 104 Å². The molecule has 4 N–H and O–H groups in total. The molecular formula is C11H15BrN2O4S. The third-order valence-electron chi connectivity index (χ3n) is 3.14. The number of aliphatic hydroxyl groups is 2. The molecule has 1 aromatic rings. The maximum atomic E-state index is 12.4. The van der Waals surface area contributed by atoms with E-state index in [1.165, 1.54) is 6.07 Å². The van der Waals surface area contributed by atoms with Crippen molar-refractivity contribution in [3.05, 3.63) is 22.2 Å². The number of aryl methyl sites for hydroxylation is 1. The Morgan fingerprint density at radius 1 is 1.32 bits per heavy atom. The molecule has 1 aromatic carbocycles. The summed E-state index contributed by atoms with van der Waals surface area (Å²) in [5.74, 6) is 0. The number of nitrogens with zero attached hydrogens (tertiary/aromatic N) is 1. The number of aliphatic hydroxyl groups excluding tert-OH is 2. The van der Waals surface area contributed by atoms with Gasteiger partial charge >= 0.3 is 0 Å².